The molecule has 14 heteroatoms. The van der Waals surface area contributed by atoms with Crippen LogP contribution in [-0.4, -0.2) is 124 Å². The number of rotatable bonds is 11. The number of aromatic nitrogens is 1. The quantitative estimate of drug-likeness (QED) is 0.177. The van der Waals surface area contributed by atoms with Gasteiger partial charge < -0.3 is 54.7 Å². The van der Waals surface area contributed by atoms with Gasteiger partial charge in [-0.15, -0.1) is 0 Å². The fraction of sp³-hybridized carbons (Fsp3) is 0.552. The van der Waals surface area contributed by atoms with E-state index in [4.69, 9.17) is 54.6 Å². The Morgan fingerprint density at radius 2 is 1.65 bits per heavy atom. The summed E-state index contributed by atoms with van der Waals surface area (Å²) in [5.74, 6) is 0.896. The Hall–Kier alpha value is -3.53. The molecule has 1 aromatic carbocycles. The van der Waals surface area contributed by atoms with Crippen LogP contribution in [-0.2, 0) is 4.79 Å². The molecule has 238 valence electrons. The Labute approximate surface area is 248 Å². The molecule has 14 nitrogen and oxygen atoms in total. The molecule has 0 spiro atoms. The molecule has 7 N–H and O–H groups in total. The zero-order valence-electron chi connectivity index (χ0n) is 24.5. The molecule has 1 fully saturated rings. The number of aliphatic hydroxyl groups excluding tert-OH is 6. The molecule has 0 radical (unpaired) electrons. The number of aliphatic imine (C=N–C) groups is 1. The van der Waals surface area contributed by atoms with Gasteiger partial charge >= 0.3 is 5.97 Å². The van der Waals surface area contributed by atoms with Gasteiger partial charge in [-0.2, -0.15) is 0 Å². The topological polar surface area (TPSA) is 221 Å². The highest BCUT2D eigenvalue weighted by atomic mass is 16.5. The number of hydrogen-bond donors (Lipinski definition) is 7. The second-order valence-electron chi connectivity index (χ2n) is 10.1. The van der Waals surface area contributed by atoms with Crippen LogP contribution in [0.1, 0.15) is 48.8 Å². The summed E-state index contributed by atoms with van der Waals surface area (Å²) in [7, 11) is 4.83. The first-order valence-corrected chi connectivity index (χ1v) is 13.8. The third-order valence-corrected chi connectivity index (χ3v) is 7.40. The summed E-state index contributed by atoms with van der Waals surface area (Å²) >= 11 is 0. The predicted molar refractivity (Wildman–Crippen MR) is 152 cm³/mol. The summed E-state index contributed by atoms with van der Waals surface area (Å²) in [6.07, 6.45) is -4.15. The molecule has 1 saturated carbocycles. The van der Waals surface area contributed by atoms with Gasteiger partial charge in [-0.3, -0.25) is 4.99 Å². The minimum absolute atomic E-state index is 0.0885. The van der Waals surface area contributed by atoms with E-state index in [9.17, 15) is 9.90 Å². The first-order chi connectivity index (χ1) is 20.5. The minimum Gasteiger partial charge on any atom is -0.496 e. The fourth-order valence-corrected chi connectivity index (χ4v) is 5.13. The van der Waals surface area contributed by atoms with E-state index in [2.05, 4.69) is 4.98 Å². The Balaban J connectivity index is 0.000000331. The van der Waals surface area contributed by atoms with Gasteiger partial charge in [0.25, 0.3) is 0 Å². The average molecular weight is 609 g/mol. The van der Waals surface area contributed by atoms with Crippen molar-refractivity contribution in [2.75, 3.05) is 34.5 Å². The molecular formula is C29H40N2O12. The monoisotopic (exact) mass is 608 g/mol. The van der Waals surface area contributed by atoms with Crippen molar-refractivity contribution in [3.8, 4) is 23.1 Å². The van der Waals surface area contributed by atoms with E-state index in [0.29, 0.717) is 36.2 Å². The number of carboxylic acid groups (broad SMARTS) is 1. The van der Waals surface area contributed by atoms with Gasteiger partial charge in [0.15, 0.2) is 17.6 Å². The first kappa shape index (κ1) is 34.0. The van der Waals surface area contributed by atoms with Crippen LogP contribution in [0.15, 0.2) is 29.4 Å². The van der Waals surface area contributed by atoms with Gasteiger partial charge in [0.2, 0.25) is 5.88 Å². The smallest absolute Gasteiger partial charge is 0.335 e. The number of ether oxygens (including phenoxy) is 4. The lowest BCUT2D eigenvalue weighted by molar-refractivity contribution is -0.164. The second-order valence-corrected chi connectivity index (χ2v) is 10.1. The first-order valence-electron chi connectivity index (χ1n) is 13.8. The standard InChI is InChI=1S/C23H28N2O5.C6H12O7/c1-5-30-21-9-14-15-8-13(26)6-7-18(15)25-23(16(14)10-20(21)28-3)17-12-24-22(29-4)11-19(17)27-2;7-1-2(8)3(9)4(10)5(11)6(12)13/h9-13,15,18,26H,5-8H2,1-4H3;2-5,7-11H,1H2,(H,12,13)/t13-,15-,18-;2-,3-,4+,5-/m11/s1. The van der Waals surface area contributed by atoms with E-state index in [-0.39, 0.29) is 18.1 Å². The molecule has 2 heterocycles. The second kappa shape index (κ2) is 15.3. The van der Waals surface area contributed by atoms with Crippen molar-refractivity contribution in [2.24, 2.45) is 4.99 Å². The van der Waals surface area contributed by atoms with Crippen LogP contribution >= 0.6 is 0 Å². The molecule has 0 unspecified atom stereocenters. The highest BCUT2D eigenvalue weighted by molar-refractivity contribution is 6.16. The molecule has 0 saturated heterocycles. The van der Waals surface area contributed by atoms with Crippen molar-refractivity contribution >= 4 is 11.7 Å². The fourth-order valence-electron chi connectivity index (χ4n) is 5.13. The van der Waals surface area contributed by atoms with E-state index in [1.165, 1.54) is 0 Å². The van der Waals surface area contributed by atoms with E-state index in [1.807, 2.05) is 19.1 Å². The number of aliphatic hydroxyl groups is 6. The maximum atomic E-state index is 10.3. The van der Waals surface area contributed by atoms with Gasteiger partial charge in [0.1, 0.15) is 24.1 Å². The third kappa shape index (κ3) is 7.71. The van der Waals surface area contributed by atoms with Gasteiger partial charge in [0, 0.05) is 23.7 Å². The lowest BCUT2D eigenvalue weighted by Gasteiger charge is -2.37. The number of aliphatic carboxylic acids is 1. The summed E-state index contributed by atoms with van der Waals surface area (Å²) in [6.45, 7) is 1.65. The molecule has 0 bridgehead atoms. The molecule has 1 aliphatic heterocycles. The lowest BCUT2D eigenvalue weighted by atomic mass is 9.74. The summed E-state index contributed by atoms with van der Waals surface area (Å²) in [5, 5.41) is 62.1. The van der Waals surface area contributed by atoms with Crippen molar-refractivity contribution in [1.29, 1.82) is 0 Å². The van der Waals surface area contributed by atoms with Crippen LogP contribution in [0.3, 0.4) is 0 Å². The molecule has 1 aromatic heterocycles. The minimum atomic E-state index is -2.20. The maximum absolute atomic E-state index is 10.3. The van der Waals surface area contributed by atoms with Gasteiger partial charge in [-0.1, -0.05) is 0 Å². The predicted octanol–water partition coefficient (Wildman–Crippen LogP) is -0.139. The van der Waals surface area contributed by atoms with Crippen molar-refractivity contribution in [3.05, 3.63) is 41.1 Å². The molecule has 4 rings (SSSR count). The molecule has 2 aliphatic rings. The average Bonchev–Trinajstić information content (AvgIpc) is 3.02. The van der Waals surface area contributed by atoms with E-state index < -0.39 is 37.0 Å². The number of benzene rings is 1. The van der Waals surface area contributed by atoms with Gasteiger partial charge in [-0.25, -0.2) is 9.78 Å². The van der Waals surface area contributed by atoms with Gasteiger partial charge in [0.05, 0.1) is 58.0 Å². The van der Waals surface area contributed by atoms with Crippen LogP contribution in [0.2, 0.25) is 0 Å². The SMILES string of the molecule is CCOc1cc2c(cc1OC)C(c1cnc(OC)cc1OC)=N[C@@H]1CC[C@@H](O)C[C@H]21.O=C(O)[C@H](O)[C@@H](O)[C@H](O)[C@H](O)CO. The summed E-state index contributed by atoms with van der Waals surface area (Å²) in [4.78, 5) is 19.6. The number of carboxylic acids is 1. The Kier molecular flexibility index (Phi) is 12.1. The number of hydrogen-bond acceptors (Lipinski definition) is 13. The third-order valence-electron chi connectivity index (χ3n) is 7.40. The normalized spacial score (nSPS) is 21.8. The molecule has 1 aliphatic carbocycles. The van der Waals surface area contributed by atoms with Crippen LogP contribution in [0.4, 0.5) is 0 Å². The summed E-state index contributed by atoms with van der Waals surface area (Å²) in [5.41, 5.74) is 3.69. The van der Waals surface area contributed by atoms with E-state index >= 15 is 0 Å². The van der Waals surface area contributed by atoms with E-state index in [1.54, 1.807) is 33.6 Å². The maximum Gasteiger partial charge on any atom is 0.335 e. The Morgan fingerprint density at radius 3 is 2.23 bits per heavy atom. The zero-order valence-corrected chi connectivity index (χ0v) is 24.5. The Bertz CT molecular complexity index is 1270. The summed E-state index contributed by atoms with van der Waals surface area (Å²) in [6, 6.07) is 5.87. The molecule has 0 amide bonds. The largest absolute Gasteiger partial charge is 0.496 e. The number of methoxy groups -OCH3 is 3. The number of pyridine rings is 1. The number of carbonyl (C=O) groups is 1. The van der Waals surface area contributed by atoms with Crippen LogP contribution in [0.5, 0.6) is 23.1 Å². The van der Waals surface area contributed by atoms with Gasteiger partial charge in [-0.05, 0) is 43.9 Å². The lowest BCUT2D eigenvalue weighted by Crippen LogP contribution is -2.48. The van der Waals surface area contributed by atoms with Crippen molar-refractivity contribution in [3.63, 3.8) is 0 Å². The highest BCUT2D eigenvalue weighted by Gasteiger charge is 2.38. The van der Waals surface area contributed by atoms with Crippen LogP contribution < -0.4 is 18.9 Å². The van der Waals surface area contributed by atoms with Crippen molar-refractivity contribution in [1.82, 2.24) is 4.98 Å². The highest BCUT2D eigenvalue weighted by Crippen LogP contribution is 2.45. The summed E-state index contributed by atoms with van der Waals surface area (Å²) < 4.78 is 22.3. The molecule has 2 aromatic rings. The van der Waals surface area contributed by atoms with Crippen LogP contribution in [0.25, 0.3) is 0 Å². The van der Waals surface area contributed by atoms with Crippen LogP contribution in [0, 0.1) is 0 Å². The molecule has 43 heavy (non-hydrogen) atoms. The Morgan fingerprint density at radius 1 is 0.953 bits per heavy atom. The number of nitrogens with zero attached hydrogens (tertiary/aromatic N) is 2. The van der Waals surface area contributed by atoms with E-state index in [0.717, 1.165) is 35.2 Å². The molecular weight excluding hydrogens is 568 g/mol. The zero-order chi connectivity index (χ0) is 31.8. The molecule has 7 atom stereocenters. The number of fused-ring (bicyclic) bond motifs is 3. The van der Waals surface area contributed by atoms with Crippen molar-refractivity contribution < 1.29 is 59.5 Å². The van der Waals surface area contributed by atoms with Crippen molar-refractivity contribution in [2.45, 2.75) is 68.7 Å².